The lowest BCUT2D eigenvalue weighted by Crippen LogP contribution is -2.43. The van der Waals surface area contributed by atoms with Crippen LogP contribution in [0, 0.1) is 12.8 Å². The van der Waals surface area contributed by atoms with E-state index >= 15 is 0 Å². The Morgan fingerprint density at radius 1 is 1.12 bits per heavy atom. The minimum absolute atomic E-state index is 0.0171. The van der Waals surface area contributed by atoms with Crippen molar-refractivity contribution in [1.29, 1.82) is 0 Å². The van der Waals surface area contributed by atoms with Gasteiger partial charge in [0.15, 0.2) is 6.61 Å². The maximum Gasteiger partial charge on any atom is 0.258 e. The van der Waals surface area contributed by atoms with Gasteiger partial charge in [0.2, 0.25) is 5.91 Å². The number of carbonyl (C=O) groups is 2. The number of carbonyl (C=O) groups excluding carboxylic acids is 2. The lowest BCUT2D eigenvalue weighted by molar-refractivity contribution is -0.137. The molecule has 1 aliphatic carbocycles. The molecule has 0 spiro atoms. The Morgan fingerprint density at radius 2 is 1.91 bits per heavy atom. The average molecular weight is 435 g/mol. The number of nitrogens with one attached hydrogen (secondary N) is 1. The highest BCUT2D eigenvalue weighted by molar-refractivity contribution is 5.80. The van der Waals surface area contributed by atoms with Crippen LogP contribution in [0.4, 0.5) is 0 Å². The molecule has 170 valence electrons. The molecule has 2 aliphatic rings. The van der Waals surface area contributed by atoms with Crippen molar-refractivity contribution < 1.29 is 14.3 Å². The van der Waals surface area contributed by atoms with Crippen molar-refractivity contribution in [2.75, 3.05) is 13.2 Å². The van der Waals surface area contributed by atoms with Crippen LogP contribution < -0.4 is 10.1 Å². The third kappa shape index (κ3) is 4.98. The molecule has 5 heteroatoms. The largest absolute Gasteiger partial charge is 0.484 e. The Morgan fingerprint density at radius 3 is 2.62 bits per heavy atom. The van der Waals surface area contributed by atoms with E-state index in [1.54, 1.807) is 0 Å². The van der Waals surface area contributed by atoms with Gasteiger partial charge in [-0.3, -0.25) is 9.59 Å². The van der Waals surface area contributed by atoms with Gasteiger partial charge < -0.3 is 15.0 Å². The highest BCUT2D eigenvalue weighted by Crippen LogP contribution is 2.39. The standard InChI is InChI=1S/C27H34N2O3/c1-18(2)28-25(30)17-32-23-12-11-20-13-14-29(27(31)21-8-4-5-9-21)26(24(20)16-23)22-10-6-7-19(3)15-22/h6-7,10-12,15-16,18,21,26H,4-5,8-9,13-14,17H2,1-3H3,(H,28,30)/t26-/m0/s1. The van der Waals surface area contributed by atoms with Crippen molar-refractivity contribution in [3.63, 3.8) is 0 Å². The Balaban J connectivity index is 1.65. The zero-order valence-electron chi connectivity index (χ0n) is 19.4. The van der Waals surface area contributed by atoms with Crippen LogP contribution in [0.5, 0.6) is 5.75 Å². The summed E-state index contributed by atoms with van der Waals surface area (Å²) in [6, 6.07) is 14.4. The van der Waals surface area contributed by atoms with Crippen LogP contribution in [0.25, 0.3) is 0 Å². The molecule has 1 atom stereocenters. The predicted octanol–water partition coefficient (Wildman–Crippen LogP) is 4.56. The smallest absolute Gasteiger partial charge is 0.258 e. The van der Waals surface area contributed by atoms with Gasteiger partial charge in [0.25, 0.3) is 5.91 Å². The molecule has 0 saturated heterocycles. The number of hydrogen-bond donors (Lipinski definition) is 1. The third-order valence-corrected chi connectivity index (χ3v) is 6.51. The molecule has 1 saturated carbocycles. The van der Waals surface area contributed by atoms with Gasteiger partial charge in [0, 0.05) is 18.5 Å². The summed E-state index contributed by atoms with van der Waals surface area (Å²) in [5.41, 5.74) is 4.66. The Hall–Kier alpha value is -2.82. The second-order valence-electron chi connectivity index (χ2n) is 9.45. The van der Waals surface area contributed by atoms with E-state index in [0.29, 0.717) is 5.75 Å². The highest BCUT2D eigenvalue weighted by atomic mass is 16.5. The number of hydrogen-bond acceptors (Lipinski definition) is 3. The van der Waals surface area contributed by atoms with Crippen molar-refractivity contribution in [2.24, 2.45) is 5.92 Å². The van der Waals surface area contributed by atoms with E-state index in [-0.39, 0.29) is 36.4 Å². The van der Waals surface area contributed by atoms with Gasteiger partial charge in [-0.05, 0) is 68.9 Å². The second kappa shape index (κ2) is 9.76. The number of ether oxygens (including phenoxy) is 1. The van der Waals surface area contributed by atoms with E-state index in [2.05, 4.69) is 47.5 Å². The van der Waals surface area contributed by atoms with Gasteiger partial charge in [0.05, 0.1) is 6.04 Å². The van der Waals surface area contributed by atoms with Crippen LogP contribution in [-0.4, -0.2) is 35.9 Å². The normalized spacial score (nSPS) is 18.5. The maximum atomic E-state index is 13.5. The summed E-state index contributed by atoms with van der Waals surface area (Å²) in [6.45, 7) is 6.66. The molecule has 0 aromatic heterocycles. The van der Waals surface area contributed by atoms with Gasteiger partial charge in [-0.1, -0.05) is 48.7 Å². The molecular weight excluding hydrogens is 400 g/mol. The lowest BCUT2D eigenvalue weighted by Gasteiger charge is -2.39. The second-order valence-corrected chi connectivity index (χ2v) is 9.45. The molecule has 4 rings (SSSR count). The molecule has 1 fully saturated rings. The zero-order valence-corrected chi connectivity index (χ0v) is 19.4. The molecule has 5 nitrogen and oxygen atoms in total. The van der Waals surface area contributed by atoms with Crippen LogP contribution in [0.3, 0.4) is 0 Å². The van der Waals surface area contributed by atoms with E-state index in [9.17, 15) is 9.59 Å². The fourth-order valence-corrected chi connectivity index (χ4v) is 5.04. The molecule has 32 heavy (non-hydrogen) atoms. The summed E-state index contributed by atoms with van der Waals surface area (Å²) < 4.78 is 5.82. The quantitative estimate of drug-likeness (QED) is 0.725. The van der Waals surface area contributed by atoms with Gasteiger partial charge in [-0.25, -0.2) is 0 Å². The SMILES string of the molecule is Cc1cccc([C@H]2c3cc(OCC(=O)NC(C)C)ccc3CCN2C(=O)C2CCCC2)c1. The number of amides is 2. The van der Waals surface area contributed by atoms with E-state index < -0.39 is 0 Å². The first-order chi connectivity index (χ1) is 15.4. The van der Waals surface area contributed by atoms with Crippen LogP contribution in [0.15, 0.2) is 42.5 Å². The number of fused-ring (bicyclic) bond motifs is 1. The summed E-state index contributed by atoms with van der Waals surface area (Å²) in [4.78, 5) is 27.6. The zero-order chi connectivity index (χ0) is 22.7. The molecule has 1 N–H and O–H groups in total. The number of benzene rings is 2. The highest BCUT2D eigenvalue weighted by Gasteiger charge is 2.36. The first-order valence-electron chi connectivity index (χ1n) is 11.8. The summed E-state index contributed by atoms with van der Waals surface area (Å²) in [5.74, 6) is 0.951. The molecule has 1 aliphatic heterocycles. The topological polar surface area (TPSA) is 58.6 Å². The Kier molecular flexibility index (Phi) is 6.83. The summed E-state index contributed by atoms with van der Waals surface area (Å²) in [5, 5.41) is 2.85. The van der Waals surface area contributed by atoms with Gasteiger partial charge in [0.1, 0.15) is 5.75 Å². The molecule has 0 bridgehead atoms. The molecule has 2 aromatic carbocycles. The van der Waals surface area contributed by atoms with Crippen LogP contribution >= 0.6 is 0 Å². The monoisotopic (exact) mass is 434 g/mol. The van der Waals surface area contributed by atoms with E-state index in [1.807, 2.05) is 26.0 Å². The van der Waals surface area contributed by atoms with Crippen molar-refractivity contribution >= 4 is 11.8 Å². The average Bonchev–Trinajstić information content (AvgIpc) is 3.31. The van der Waals surface area contributed by atoms with Crippen molar-refractivity contribution in [1.82, 2.24) is 10.2 Å². The number of rotatable bonds is 6. The van der Waals surface area contributed by atoms with E-state index in [1.165, 1.54) is 11.1 Å². The molecule has 1 heterocycles. The Bertz CT molecular complexity index is 979. The van der Waals surface area contributed by atoms with Gasteiger partial charge in [-0.2, -0.15) is 0 Å². The first kappa shape index (κ1) is 22.4. The van der Waals surface area contributed by atoms with E-state index in [0.717, 1.165) is 49.8 Å². The number of nitrogens with zero attached hydrogens (tertiary/aromatic N) is 1. The van der Waals surface area contributed by atoms with Crippen LogP contribution in [0.2, 0.25) is 0 Å². The minimum Gasteiger partial charge on any atom is -0.484 e. The van der Waals surface area contributed by atoms with Crippen molar-refractivity contribution in [2.45, 2.75) is 65.0 Å². The van der Waals surface area contributed by atoms with Crippen molar-refractivity contribution in [3.05, 3.63) is 64.7 Å². The molecule has 2 amide bonds. The van der Waals surface area contributed by atoms with Gasteiger partial charge in [-0.15, -0.1) is 0 Å². The predicted molar refractivity (Wildman–Crippen MR) is 126 cm³/mol. The Labute approximate surface area is 191 Å². The molecular formula is C27H34N2O3. The lowest BCUT2D eigenvalue weighted by atomic mass is 9.86. The first-order valence-corrected chi connectivity index (χ1v) is 11.8. The minimum atomic E-state index is -0.133. The summed E-state index contributed by atoms with van der Waals surface area (Å²) in [6.07, 6.45) is 5.12. The van der Waals surface area contributed by atoms with Gasteiger partial charge >= 0.3 is 0 Å². The summed E-state index contributed by atoms with van der Waals surface area (Å²) in [7, 11) is 0. The molecule has 0 radical (unpaired) electrons. The van der Waals surface area contributed by atoms with Crippen LogP contribution in [0.1, 0.15) is 67.8 Å². The maximum absolute atomic E-state index is 13.5. The molecule has 2 aromatic rings. The van der Waals surface area contributed by atoms with Crippen LogP contribution in [-0.2, 0) is 16.0 Å². The number of aryl methyl sites for hydroxylation is 1. The van der Waals surface area contributed by atoms with E-state index in [4.69, 9.17) is 4.74 Å². The third-order valence-electron chi connectivity index (χ3n) is 6.51. The fourth-order valence-electron chi connectivity index (χ4n) is 5.04. The molecule has 0 unspecified atom stereocenters. The summed E-state index contributed by atoms with van der Waals surface area (Å²) >= 11 is 0. The van der Waals surface area contributed by atoms with Crippen molar-refractivity contribution in [3.8, 4) is 5.75 Å². The fraction of sp³-hybridized carbons (Fsp3) is 0.481.